The Hall–Kier alpha value is -1.32. The van der Waals surface area contributed by atoms with E-state index in [0.717, 1.165) is 0 Å². The van der Waals surface area contributed by atoms with Crippen LogP contribution in [0, 0.1) is 0 Å². The Morgan fingerprint density at radius 2 is 1.00 bits per heavy atom. The minimum absolute atomic E-state index is 0.0619. The first-order valence-corrected chi connectivity index (χ1v) is 6.62. The summed E-state index contributed by atoms with van der Waals surface area (Å²) in [5.41, 5.74) is -0.666. The Morgan fingerprint density at radius 1 is 0.632 bits per heavy atom. The Morgan fingerprint density at radius 3 is 1.37 bits per heavy atom. The van der Waals surface area contributed by atoms with Gasteiger partial charge in [-0.15, -0.1) is 0 Å². The van der Waals surface area contributed by atoms with Crippen LogP contribution in [0.15, 0.2) is 73.8 Å². The van der Waals surface area contributed by atoms with Gasteiger partial charge in [-0.1, -0.05) is 56.0 Å². The molecular weight excluding hydrogens is 368 g/mol. The van der Waals surface area contributed by atoms with Crippen LogP contribution in [-0.4, -0.2) is 0 Å². The molecule has 0 spiro atoms. The molecule has 0 saturated carbocycles. The van der Waals surface area contributed by atoms with Crippen LogP contribution in [-0.2, 0) is 0 Å². The van der Waals surface area contributed by atoms with Crippen molar-refractivity contribution in [3.63, 3.8) is 0 Å². The molecule has 19 heavy (non-hydrogen) atoms. The largest absolute Gasteiger partial charge is 0.456 e. The highest BCUT2D eigenvalue weighted by atomic mass is 79.9. The molecule has 0 radical (unpaired) electrons. The van der Waals surface area contributed by atoms with E-state index in [-0.39, 0.29) is 20.1 Å². The van der Waals surface area contributed by atoms with Gasteiger partial charge in [0.2, 0.25) is 0 Å². The first-order chi connectivity index (χ1) is 13.4. The smallest absolute Gasteiger partial charge is 0.134 e. The second kappa shape index (κ2) is 5.35. The van der Waals surface area contributed by atoms with Crippen molar-refractivity contribution in [2.45, 2.75) is 0 Å². The van der Waals surface area contributed by atoms with Crippen molar-refractivity contribution in [1.29, 1.82) is 0 Å². The number of rotatable bonds is 2. The second-order valence-corrected chi connectivity index (χ2v) is 4.97. The molecule has 0 unspecified atom stereocenters. The molecule has 94 valence electrons. The van der Waals surface area contributed by atoms with Crippen molar-refractivity contribution >= 4 is 31.9 Å². The van der Waals surface area contributed by atoms with E-state index >= 15 is 0 Å². The van der Waals surface area contributed by atoms with Gasteiger partial charge in [-0.3, -0.25) is 0 Å². The molecule has 0 amide bonds. The van der Waals surface area contributed by atoms with E-state index in [1.54, 1.807) is 0 Å². The van der Waals surface area contributed by atoms with E-state index in [9.17, 15) is 0 Å². The quantitative estimate of drug-likeness (QED) is 0.514. The Bertz CT molecular complexity index is 1040. The standard InChI is InChI=1S/C16H10Br2O/c17-13-5-1-11(2-6-13)15-9-10-16(19-15)12-3-7-14(18)8-4-12/h1-10H/i1D,2D,3D,4D,5D,6D,7D,8D,9D,10D. The van der Waals surface area contributed by atoms with Gasteiger partial charge >= 0.3 is 0 Å². The maximum atomic E-state index is 8.17. The summed E-state index contributed by atoms with van der Waals surface area (Å²) in [5.74, 6) is -0.844. The molecular formula is C16H10Br2O. The van der Waals surface area contributed by atoms with E-state index in [0.29, 0.717) is 0 Å². The van der Waals surface area contributed by atoms with Crippen LogP contribution in [0.4, 0.5) is 0 Å². The highest BCUT2D eigenvalue weighted by Gasteiger charge is 2.06. The summed E-state index contributed by atoms with van der Waals surface area (Å²) in [7, 11) is 0. The molecule has 3 rings (SSSR count). The summed E-state index contributed by atoms with van der Waals surface area (Å²) in [6, 6.07) is -4.61. The summed E-state index contributed by atoms with van der Waals surface area (Å²) in [4.78, 5) is 0. The maximum Gasteiger partial charge on any atom is 0.134 e. The zero-order chi connectivity index (χ0) is 21.9. The SMILES string of the molecule is [2H]c1c(-c2c([2H])c([2H])c(Br)c([2H])c2[2H])oc(-c2c([2H])c([2H])c(Br)c([2H])c2[2H])c1[2H]. The molecule has 1 nitrogen and oxygen atoms in total. The van der Waals surface area contributed by atoms with Gasteiger partial charge in [0, 0.05) is 20.1 Å². The minimum Gasteiger partial charge on any atom is -0.456 e. The highest BCUT2D eigenvalue weighted by molar-refractivity contribution is 9.10. The van der Waals surface area contributed by atoms with Gasteiger partial charge < -0.3 is 4.42 Å². The maximum absolute atomic E-state index is 8.17. The lowest BCUT2D eigenvalue weighted by molar-refractivity contribution is 0.597. The van der Waals surface area contributed by atoms with Gasteiger partial charge in [0.25, 0.3) is 0 Å². The van der Waals surface area contributed by atoms with Crippen molar-refractivity contribution in [1.82, 2.24) is 0 Å². The lowest BCUT2D eigenvalue weighted by Crippen LogP contribution is -1.74. The van der Waals surface area contributed by atoms with Crippen LogP contribution in [0.25, 0.3) is 22.6 Å². The highest BCUT2D eigenvalue weighted by Crippen LogP contribution is 2.29. The fourth-order valence-electron chi connectivity index (χ4n) is 1.32. The van der Waals surface area contributed by atoms with Crippen molar-refractivity contribution in [3.05, 3.63) is 69.4 Å². The van der Waals surface area contributed by atoms with Crippen molar-refractivity contribution in [3.8, 4) is 22.6 Å². The van der Waals surface area contributed by atoms with E-state index in [2.05, 4.69) is 31.9 Å². The molecule has 0 bridgehead atoms. The van der Waals surface area contributed by atoms with Crippen molar-refractivity contribution < 1.29 is 18.1 Å². The molecule has 0 aliphatic heterocycles. The number of hydrogen-bond donors (Lipinski definition) is 0. The van der Waals surface area contributed by atoms with Gasteiger partial charge in [0.1, 0.15) is 11.5 Å². The summed E-state index contributed by atoms with van der Waals surface area (Å²) in [6.07, 6.45) is 0. The zero-order valence-corrected chi connectivity index (χ0v) is 12.3. The van der Waals surface area contributed by atoms with Gasteiger partial charge in [-0.25, -0.2) is 0 Å². The Labute approximate surface area is 142 Å². The molecule has 2 aromatic carbocycles. The van der Waals surface area contributed by atoms with E-state index in [1.807, 2.05) is 0 Å². The Balaban J connectivity index is 2.40. The van der Waals surface area contributed by atoms with Crippen LogP contribution in [0.5, 0.6) is 0 Å². The second-order valence-electron chi connectivity index (χ2n) is 3.39. The molecule has 0 saturated heterocycles. The normalized spacial score (nSPS) is 18.0. The van der Waals surface area contributed by atoms with E-state index in [4.69, 9.17) is 18.1 Å². The molecule has 1 aromatic heterocycles. The monoisotopic (exact) mass is 386 g/mol. The third-order valence-electron chi connectivity index (χ3n) is 2.14. The minimum atomic E-state index is -0.553. The molecule has 0 atom stereocenters. The molecule has 0 aliphatic carbocycles. The third kappa shape index (κ3) is 2.82. The molecule has 0 N–H and O–H groups in total. The molecule has 0 fully saturated rings. The number of hydrogen-bond acceptors (Lipinski definition) is 1. The van der Waals surface area contributed by atoms with Crippen LogP contribution < -0.4 is 0 Å². The fourth-order valence-corrected chi connectivity index (χ4v) is 1.71. The molecule has 0 aliphatic rings. The van der Waals surface area contributed by atoms with Crippen LogP contribution in [0.1, 0.15) is 13.7 Å². The summed E-state index contributed by atoms with van der Waals surface area (Å²) >= 11 is 5.96. The summed E-state index contributed by atoms with van der Waals surface area (Å²) < 4.78 is 85.8. The molecule has 3 aromatic rings. The average Bonchev–Trinajstić information content (AvgIpc) is 2.97. The van der Waals surface area contributed by atoms with E-state index in [1.165, 1.54) is 0 Å². The molecule has 1 heterocycles. The summed E-state index contributed by atoms with van der Waals surface area (Å²) in [6.45, 7) is 0. The lowest BCUT2D eigenvalue weighted by Gasteiger charge is -1.99. The van der Waals surface area contributed by atoms with Gasteiger partial charge in [0.15, 0.2) is 0 Å². The van der Waals surface area contributed by atoms with Gasteiger partial charge in [-0.2, -0.15) is 0 Å². The first kappa shape index (κ1) is 5.58. The summed E-state index contributed by atoms with van der Waals surface area (Å²) in [5, 5.41) is 0. The van der Waals surface area contributed by atoms with Crippen molar-refractivity contribution in [2.24, 2.45) is 0 Å². The zero-order valence-electron chi connectivity index (χ0n) is 19.2. The molecule has 3 heteroatoms. The van der Waals surface area contributed by atoms with E-state index < -0.39 is 71.9 Å². The first-order valence-electron chi connectivity index (χ1n) is 10.0. The fraction of sp³-hybridized carbons (Fsp3) is 0. The average molecular weight is 388 g/mol. The van der Waals surface area contributed by atoms with Crippen LogP contribution >= 0.6 is 31.9 Å². The van der Waals surface area contributed by atoms with Crippen LogP contribution in [0.2, 0.25) is 0 Å². The lowest BCUT2D eigenvalue weighted by atomic mass is 10.2. The predicted molar refractivity (Wildman–Crippen MR) is 85.0 cm³/mol. The third-order valence-corrected chi connectivity index (χ3v) is 2.93. The number of benzene rings is 2. The Kier molecular flexibility index (Phi) is 1.57. The number of furan rings is 1. The number of halogens is 2. The van der Waals surface area contributed by atoms with Crippen LogP contribution in [0.3, 0.4) is 0 Å². The predicted octanol–water partition coefficient (Wildman–Crippen LogP) is 6.14. The van der Waals surface area contributed by atoms with Gasteiger partial charge in [0.05, 0.1) is 13.7 Å². The topological polar surface area (TPSA) is 13.1 Å². The van der Waals surface area contributed by atoms with Gasteiger partial charge in [-0.05, 0) is 36.3 Å². The van der Waals surface area contributed by atoms with Crippen molar-refractivity contribution in [2.75, 3.05) is 0 Å².